The van der Waals surface area contributed by atoms with Crippen molar-refractivity contribution in [3.8, 4) is 0 Å². The Morgan fingerprint density at radius 3 is 3.13 bits per heavy atom. The van der Waals surface area contributed by atoms with Crippen molar-refractivity contribution < 1.29 is 14.1 Å². The summed E-state index contributed by atoms with van der Waals surface area (Å²) in [6.07, 6.45) is 4.52. The van der Waals surface area contributed by atoms with Crippen molar-refractivity contribution in [3.63, 3.8) is 0 Å². The summed E-state index contributed by atoms with van der Waals surface area (Å²) in [5.41, 5.74) is 1.28. The van der Waals surface area contributed by atoms with Gasteiger partial charge in [-0.2, -0.15) is 10.1 Å². The minimum Gasteiger partial charge on any atom is -0.368 e. The van der Waals surface area contributed by atoms with Crippen LogP contribution in [0.2, 0.25) is 0 Å². The van der Waals surface area contributed by atoms with Crippen molar-refractivity contribution in [1.82, 2.24) is 25.2 Å². The number of hydrogen-bond acceptors (Lipinski definition) is 6. The van der Waals surface area contributed by atoms with Gasteiger partial charge in [0.25, 0.3) is 11.8 Å². The lowest BCUT2D eigenvalue weighted by Gasteiger charge is -2.01. The van der Waals surface area contributed by atoms with E-state index in [0.29, 0.717) is 23.0 Å². The smallest absolute Gasteiger partial charge is 0.255 e. The Bertz CT molecular complexity index is 672. The van der Waals surface area contributed by atoms with Crippen LogP contribution in [-0.4, -0.2) is 32.4 Å². The minimum absolute atomic E-state index is 0.110. The van der Waals surface area contributed by atoms with Gasteiger partial charge in [-0.05, 0) is 26.2 Å². The van der Waals surface area contributed by atoms with Gasteiger partial charge in [-0.3, -0.25) is 9.48 Å². The molecule has 0 aliphatic carbocycles. The molecule has 0 unspecified atom stereocenters. The zero-order valence-electron chi connectivity index (χ0n) is 13.4. The van der Waals surface area contributed by atoms with Crippen molar-refractivity contribution in [2.45, 2.75) is 52.3 Å². The van der Waals surface area contributed by atoms with Crippen LogP contribution in [0, 0.1) is 6.92 Å². The number of amides is 1. The van der Waals surface area contributed by atoms with E-state index in [1.165, 1.54) is 0 Å². The van der Waals surface area contributed by atoms with Crippen molar-refractivity contribution in [3.05, 3.63) is 29.2 Å². The first-order chi connectivity index (χ1) is 11.2. The fourth-order valence-electron chi connectivity index (χ4n) is 2.58. The standard InChI is InChI=1S/C15H21N5O3/c1-3-6-20-9-11(10(2)18-20)14(21)16-8-13-17-15(23-19-13)12-5-4-7-22-12/h9,12H,3-8H2,1-2H3,(H,16,21)/t12-/m1/s1. The molecule has 3 heterocycles. The molecule has 0 bridgehead atoms. The lowest BCUT2D eigenvalue weighted by molar-refractivity contribution is 0.0835. The molecule has 0 radical (unpaired) electrons. The summed E-state index contributed by atoms with van der Waals surface area (Å²) >= 11 is 0. The summed E-state index contributed by atoms with van der Waals surface area (Å²) < 4.78 is 12.5. The van der Waals surface area contributed by atoms with Crippen molar-refractivity contribution in [2.24, 2.45) is 0 Å². The normalized spacial score (nSPS) is 17.6. The zero-order valence-corrected chi connectivity index (χ0v) is 13.4. The molecule has 1 aliphatic rings. The molecule has 124 valence electrons. The van der Waals surface area contributed by atoms with Crippen LogP contribution in [0.3, 0.4) is 0 Å². The molecule has 1 fully saturated rings. The lowest BCUT2D eigenvalue weighted by atomic mass is 10.2. The molecule has 1 aliphatic heterocycles. The van der Waals surface area contributed by atoms with Crippen molar-refractivity contribution >= 4 is 5.91 Å². The summed E-state index contributed by atoms with van der Waals surface area (Å²) in [5.74, 6) is 0.745. The maximum absolute atomic E-state index is 12.2. The van der Waals surface area contributed by atoms with Gasteiger partial charge >= 0.3 is 0 Å². The molecule has 1 atom stereocenters. The van der Waals surface area contributed by atoms with E-state index in [2.05, 4.69) is 27.5 Å². The van der Waals surface area contributed by atoms with E-state index >= 15 is 0 Å². The number of rotatable bonds is 6. The molecule has 2 aromatic rings. The quantitative estimate of drug-likeness (QED) is 0.872. The van der Waals surface area contributed by atoms with Gasteiger partial charge in [-0.15, -0.1) is 0 Å². The Balaban J connectivity index is 1.58. The lowest BCUT2D eigenvalue weighted by Crippen LogP contribution is -2.23. The van der Waals surface area contributed by atoms with E-state index in [9.17, 15) is 4.79 Å². The summed E-state index contributed by atoms with van der Waals surface area (Å²) in [6, 6.07) is 0. The largest absolute Gasteiger partial charge is 0.368 e. The Morgan fingerprint density at radius 1 is 1.52 bits per heavy atom. The van der Waals surface area contributed by atoms with Crippen LogP contribution in [0.5, 0.6) is 0 Å². The molecule has 2 aromatic heterocycles. The van der Waals surface area contributed by atoms with E-state index in [0.717, 1.165) is 32.4 Å². The van der Waals surface area contributed by atoms with Crippen LogP contribution >= 0.6 is 0 Å². The highest BCUT2D eigenvalue weighted by atomic mass is 16.5. The number of nitrogens with one attached hydrogen (secondary N) is 1. The second-order valence-electron chi connectivity index (χ2n) is 5.62. The van der Waals surface area contributed by atoms with E-state index in [1.807, 2.05) is 6.92 Å². The maximum Gasteiger partial charge on any atom is 0.255 e. The summed E-state index contributed by atoms with van der Waals surface area (Å²) in [4.78, 5) is 16.5. The molecule has 23 heavy (non-hydrogen) atoms. The Morgan fingerprint density at radius 2 is 2.39 bits per heavy atom. The predicted molar refractivity (Wildman–Crippen MR) is 80.7 cm³/mol. The fourth-order valence-corrected chi connectivity index (χ4v) is 2.58. The third-order valence-electron chi connectivity index (χ3n) is 3.74. The molecular weight excluding hydrogens is 298 g/mol. The predicted octanol–water partition coefficient (Wildman–Crippen LogP) is 1.77. The van der Waals surface area contributed by atoms with E-state index in [-0.39, 0.29) is 18.6 Å². The third-order valence-corrected chi connectivity index (χ3v) is 3.74. The van der Waals surface area contributed by atoms with Crippen molar-refractivity contribution in [1.29, 1.82) is 0 Å². The molecule has 8 nitrogen and oxygen atoms in total. The monoisotopic (exact) mass is 319 g/mol. The Labute approximate surface area is 134 Å². The van der Waals surface area contributed by atoms with Gasteiger partial charge < -0.3 is 14.6 Å². The fraction of sp³-hybridized carbons (Fsp3) is 0.600. The molecule has 0 spiro atoms. The van der Waals surface area contributed by atoms with E-state index < -0.39 is 0 Å². The van der Waals surface area contributed by atoms with Crippen LogP contribution < -0.4 is 5.32 Å². The first kappa shape index (κ1) is 15.7. The van der Waals surface area contributed by atoms with Crippen LogP contribution in [0.15, 0.2) is 10.7 Å². The van der Waals surface area contributed by atoms with Gasteiger partial charge in [0.2, 0.25) is 0 Å². The Hall–Kier alpha value is -2.22. The van der Waals surface area contributed by atoms with E-state index in [4.69, 9.17) is 9.26 Å². The average Bonchev–Trinajstić information content (AvgIpc) is 3.25. The van der Waals surface area contributed by atoms with Gasteiger partial charge in [0, 0.05) is 19.3 Å². The maximum atomic E-state index is 12.2. The molecule has 1 amide bonds. The summed E-state index contributed by atoms with van der Waals surface area (Å²) in [6.45, 7) is 5.63. The number of nitrogens with zero attached hydrogens (tertiary/aromatic N) is 4. The highest BCUT2D eigenvalue weighted by Gasteiger charge is 2.24. The number of carbonyl (C=O) groups is 1. The number of aromatic nitrogens is 4. The Kier molecular flexibility index (Phi) is 4.71. The van der Waals surface area contributed by atoms with Gasteiger partial charge in [-0.25, -0.2) is 0 Å². The molecule has 0 aromatic carbocycles. The molecular formula is C15H21N5O3. The zero-order chi connectivity index (χ0) is 16.2. The highest BCUT2D eigenvalue weighted by molar-refractivity contribution is 5.94. The summed E-state index contributed by atoms with van der Waals surface area (Å²) in [7, 11) is 0. The van der Waals surface area contributed by atoms with E-state index in [1.54, 1.807) is 10.9 Å². The summed E-state index contributed by atoms with van der Waals surface area (Å²) in [5, 5.41) is 11.0. The topological polar surface area (TPSA) is 95.1 Å². The molecule has 0 saturated carbocycles. The van der Waals surface area contributed by atoms with Crippen LogP contribution in [0.1, 0.15) is 60.1 Å². The number of aryl methyl sites for hydroxylation is 2. The first-order valence-corrected chi connectivity index (χ1v) is 7.93. The van der Waals surface area contributed by atoms with Crippen LogP contribution in [0.4, 0.5) is 0 Å². The highest BCUT2D eigenvalue weighted by Crippen LogP contribution is 2.26. The SMILES string of the molecule is CCCn1cc(C(=O)NCc2noc([C@H]3CCCO3)n2)c(C)n1. The van der Waals surface area contributed by atoms with Gasteiger partial charge in [-0.1, -0.05) is 12.1 Å². The third kappa shape index (κ3) is 3.58. The second-order valence-corrected chi connectivity index (χ2v) is 5.62. The average molecular weight is 319 g/mol. The van der Waals surface area contributed by atoms with Crippen LogP contribution in [0.25, 0.3) is 0 Å². The van der Waals surface area contributed by atoms with Gasteiger partial charge in [0.15, 0.2) is 5.82 Å². The van der Waals surface area contributed by atoms with Gasteiger partial charge in [0.1, 0.15) is 6.10 Å². The van der Waals surface area contributed by atoms with Crippen molar-refractivity contribution in [2.75, 3.05) is 6.61 Å². The first-order valence-electron chi connectivity index (χ1n) is 7.93. The second kappa shape index (κ2) is 6.91. The number of ether oxygens (including phenoxy) is 1. The molecule has 1 N–H and O–H groups in total. The molecule has 3 rings (SSSR count). The molecule has 1 saturated heterocycles. The van der Waals surface area contributed by atoms with Crippen LogP contribution in [-0.2, 0) is 17.8 Å². The number of hydrogen-bond donors (Lipinski definition) is 1. The van der Waals surface area contributed by atoms with Gasteiger partial charge in [0.05, 0.1) is 17.8 Å². The molecule has 8 heteroatoms. The minimum atomic E-state index is -0.187. The number of carbonyl (C=O) groups excluding carboxylic acids is 1.